The third-order valence-electron chi connectivity index (χ3n) is 4.24. The van der Waals surface area contributed by atoms with Gasteiger partial charge in [-0.15, -0.1) is 0 Å². The van der Waals surface area contributed by atoms with E-state index in [4.69, 9.17) is 5.11 Å². The first-order valence-corrected chi connectivity index (χ1v) is 8.23. The zero-order valence-corrected chi connectivity index (χ0v) is 11.8. The second kappa shape index (κ2) is 4.86. The summed E-state index contributed by atoms with van der Waals surface area (Å²) in [6.07, 6.45) is 2.99. The summed E-state index contributed by atoms with van der Waals surface area (Å²) >= 11 is 0. The number of fused-ring (bicyclic) bond motifs is 2. The van der Waals surface area contributed by atoms with Crippen molar-refractivity contribution in [2.45, 2.75) is 36.6 Å². The molecular weight excluding hydrogens is 278 g/mol. The second-order valence-corrected chi connectivity index (χ2v) is 7.51. The first-order chi connectivity index (χ1) is 9.46. The number of hydrogen-bond acceptors (Lipinski definition) is 3. The van der Waals surface area contributed by atoms with Gasteiger partial charge in [0.15, 0.2) is 0 Å². The number of carboxylic acids is 1. The monoisotopic (exact) mass is 295 g/mol. The number of carbonyl (C=O) groups is 1. The summed E-state index contributed by atoms with van der Waals surface area (Å²) in [6, 6.07) is 6.34. The van der Waals surface area contributed by atoms with Gasteiger partial charge in [-0.05, 0) is 42.9 Å². The van der Waals surface area contributed by atoms with Gasteiger partial charge in [0.25, 0.3) is 0 Å². The number of rotatable bonds is 4. The van der Waals surface area contributed by atoms with Crippen LogP contribution in [0.2, 0.25) is 0 Å². The molecule has 0 spiro atoms. The molecule has 0 radical (unpaired) electrons. The van der Waals surface area contributed by atoms with Gasteiger partial charge in [0.2, 0.25) is 10.0 Å². The smallest absolute Gasteiger partial charge is 0.307 e. The van der Waals surface area contributed by atoms with Gasteiger partial charge in [-0.3, -0.25) is 4.79 Å². The van der Waals surface area contributed by atoms with Gasteiger partial charge >= 0.3 is 5.97 Å². The van der Waals surface area contributed by atoms with Crippen LogP contribution < -0.4 is 0 Å². The van der Waals surface area contributed by atoms with E-state index in [0.717, 1.165) is 19.3 Å². The van der Waals surface area contributed by atoms with E-state index >= 15 is 0 Å². The first-order valence-electron chi connectivity index (χ1n) is 6.79. The van der Waals surface area contributed by atoms with E-state index < -0.39 is 16.0 Å². The molecule has 20 heavy (non-hydrogen) atoms. The van der Waals surface area contributed by atoms with Gasteiger partial charge in [-0.2, -0.15) is 4.31 Å². The Kier molecular flexibility index (Phi) is 3.30. The van der Waals surface area contributed by atoms with Crippen LogP contribution in [0.3, 0.4) is 0 Å². The Hall–Kier alpha value is -1.40. The van der Waals surface area contributed by atoms with Gasteiger partial charge in [0.1, 0.15) is 0 Å². The van der Waals surface area contributed by atoms with E-state index in [-0.39, 0.29) is 17.4 Å². The molecular formula is C14H17NO4S. The van der Waals surface area contributed by atoms with E-state index in [0.29, 0.717) is 18.0 Å². The van der Waals surface area contributed by atoms with Crippen LogP contribution in [0, 0.1) is 5.92 Å². The van der Waals surface area contributed by atoms with Crippen LogP contribution in [-0.2, 0) is 21.2 Å². The number of aliphatic carboxylic acids is 1. The van der Waals surface area contributed by atoms with Crippen LogP contribution in [0.5, 0.6) is 0 Å². The van der Waals surface area contributed by atoms with Crippen molar-refractivity contribution in [3.05, 3.63) is 29.8 Å². The number of carboxylic acid groups (broad SMARTS) is 1. The SMILES string of the molecule is O=C(O)Cc1ccc(S(=O)(=O)N2CC3CCC2C3)cc1. The fraction of sp³-hybridized carbons (Fsp3) is 0.500. The Morgan fingerprint density at radius 1 is 1.25 bits per heavy atom. The summed E-state index contributed by atoms with van der Waals surface area (Å²) in [7, 11) is -3.43. The summed E-state index contributed by atoms with van der Waals surface area (Å²) < 4.78 is 26.8. The largest absolute Gasteiger partial charge is 0.481 e. The number of nitrogens with zero attached hydrogens (tertiary/aromatic N) is 1. The highest BCUT2D eigenvalue weighted by molar-refractivity contribution is 7.89. The maximum atomic E-state index is 12.6. The van der Waals surface area contributed by atoms with E-state index in [1.54, 1.807) is 16.4 Å². The Morgan fingerprint density at radius 3 is 2.45 bits per heavy atom. The molecule has 0 amide bonds. The lowest BCUT2D eigenvalue weighted by Gasteiger charge is -2.26. The highest BCUT2D eigenvalue weighted by Gasteiger charge is 2.44. The molecule has 2 unspecified atom stereocenters. The zero-order valence-electron chi connectivity index (χ0n) is 11.0. The lowest BCUT2D eigenvalue weighted by Crippen LogP contribution is -2.37. The lowest BCUT2D eigenvalue weighted by molar-refractivity contribution is -0.136. The molecule has 2 atom stereocenters. The Labute approximate surface area is 118 Å². The summed E-state index contributed by atoms with van der Waals surface area (Å²) in [6.45, 7) is 0.629. The molecule has 2 bridgehead atoms. The van der Waals surface area contributed by atoms with E-state index in [2.05, 4.69) is 0 Å². The van der Waals surface area contributed by atoms with Crippen LogP contribution in [-0.4, -0.2) is 36.4 Å². The summed E-state index contributed by atoms with van der Waals surface area (Å²) in [5.74, 6) is -0.404. The maximum Gasteiger partial charge on any atom is 0.307 e. The van der Waals surface area contributed by atoms with Crippen molar-refractivity contribution in [2.24, 2.45) is 5.92 Å². The zero-order chi connectivity index (χ0) is 14.3. The van der Waals surface area contributed by atoms with Crippen molar-refractivity contribution in [2.75, 3.05) is 6.54 Å². The van der Waals surface area contributed by atoms with Gasteiger partial charge in [0.05, 0.1) is 11.3 Å². The average Bonchev–Trinajstić information content (AvgIpc) is 3.01. The number of benzene rings is 1. The molecule has 1 aromatic rings. The van der Waals surface area contributed by atoms with Crippen LogP contribution in [0.1, 0.15) is 24.8 Å². The van der Waals surface area contributed by atoms with Crippen molar-refractivity contribution in [3.63, 3.8) is 0 Å². The number of sulfonamides is 1. The molecule has 1 heterocycles. The molecule has 2 aliphatic rings. The van der Waals surface area contributed by atoms with Crippen molar-refractivity contribution >= 4 is 16.0 Å². The maximum absolute atomic E-state index is 12.6. The summed E-state index contributed by atoms with van der Waals surface area (Å²) in [5, 5.41) is 8.71. The third-order valence-corrected chi connectivity index (χ3v) is 6.18. The third kappa shape index (κ3) is 2.33. The molecule has 108 valence electrons. The quantitative estimate of drug-likeness (QED) is 0.913. The lowest BCUT2D eigenvalue weighted by atomic mass is 10.1. The fourth-order valence-corrected chi connectivity index (χ4v) is 5.01. The van der Waals surface area contributed by atoms with Gasteiger partial charge in [-0.25, -0.2) is 8.42 Å². The molecule has 5 nitrogen and oxygen atoms in total. The molecule has 1 aromatic carbocycles. The van der Waals surface area contributed by atoms with E-state index in [1.807, 2.05) is 0 Å². The molecule has 2 fully saturated rings. The van der Waals surface area contributed by atoms with Gasteiger partial charge in [-0.1, -0.05) is 12.1 Å². The van der Waals surface area contributed by atoms with Gasteiger partial charge in [0, 0.05) is 12.6 Å². The predicted molar refractivity (Wildman–Crippen MR) is 72.8 cm³/mol. The minimum absolute atomic E-state index is 0.0886. The van der Waals surface area contributed by atoms with Crippen molar-refractivity contribution in [3.8, 4) is 0 Å². The van der Waals surface area contributed by atoms with Gasteiger partial charge < -0.3 is 5.11 Å². The first kappa shape index (κ1) is 13.6. The molecule has 0 aromatic heterocycles. The summed E-state index contributed by atoms with van der Waals surface area (Å²) in [5.41, 5.74) is 0.611. The fourth-order valence-electron chi connectivity index (χ4n) is 3.26. The average molecular weight is 295 g/mol. The van der Waals surface area contributed by atoms with Crippen LogP contribution in [0.15, 0.2) is 29.2 Å². The molecule has 1 aliphatic carbocycles. The van der Waals surface area contributed by atoms with Crippen LogP contribution >= 0.6 is 0 Å². The van der Waals surface area contributed by atoms with Crippen molar-refractivity contribution in [1.82, 2.24) is 4.31 Å². The second-order valence-electron chi connectivity index (χ2n) is 5.62. The Bertz CT molecular complexity index is 623. The number of hydrogen-bond donors (Lipinski definition) is 1. The molecule has 6 heteroatoms. The topological polar surface area (TPSA) is 74.7 Å². The minimum atomic E-state index is -3.43. The predicted octanol–water partition coefficient (Wildman–Crippen LogP) is 1.49. The van der Waals surface area contributed by atoms with Crippen LogP contribution in [0.4, 0.5) is 0 Å². The van der Waals surface area contributed by atoms with E-state index in [1.165, 1.54) is 12.1 Å². The molecule has 3 rings (SSSR count). The van der Waals surface area contributed by atoms with Crippen molar-refractivity contribution in [1.29, 1.82) is 0 Å². The normalized spacial score (nSPS) is 26.0. The standard InChI is InChI=1S/C14H17NO4S/c16-14(17)8-10-2-5-13(6-3-10)20(18,19)15-9-11-1-4-12(15)7-11/h2-3,5-6,11-12H,1,4,7-9H2,(H,16,17). The summed E-state index contributed by atoms with van der Waals surface area (Å²) in [4.78, 5) is 10.9. The molecule has 1 saturated heterocycles. The number of piperidine rings is 1. The van der Waals surface area contributed by atoms with Crippen molar-refractivity contribution < 1.29 is 18.3 Å². The highest BCUT2D eigenvalue weighted by Crippen LogP contribution is 2.40. The molecule has 1 saturated carbocycles. The van der Waals surface area contributed by atoms with E-state index in [9.17, 15) is 13.2 Å². The van der Waals surface area contributed by atoms with Crippen LogP contribution in [0.25, 0.3) is 0 Å². The molecule has 1 aliphatic heterocycles. The molecule has 1 N–H and O–H groups in total. The highest BCUT2D eigenvalue weighted by atomic mass is 32.2. The minimum Gasteiger partial charge on any atom is -0.481 e. The Balaban J connectivity index is 1.82. The Morgan fingerprint density at radius 2 is 1.95 bits per heavy atom.